The van der Waals surface area contributed by atoms with Crippen molar-refractivity contribution in [1.29, 1.82) is 0 Å². The van der Waals surface area contributed by atoms with Gasteiger partial charge in [-0.25, -0.2) is 18.7 Å². The van der Waals surface area contributed by atoms with Gasteiger partial charge in [-0.3, -0.25) is 0 Å². The van der Waals surface area contributed by atoms with Gasteiger partial charge >= 0.3 is 11.9 Å². The monoisotopic (exact) mass is 392 g/mol. The van der Waals surface area contributed by atoms with Crippen LogP contribution in [0.3, 0.4) is 0 Å². The fraction of sp³-hybridized carbons (Fsp3) is 0.500. The molecule has 0 amide bonds. The molecule has 0 bridgehead atoms. The summed E-state index contributed by atoms with van der Waals surface area (Å²) in [7, 11) is 0. The molecule has 0 saturated carbocycles. The van der Waals surface area contributed by atoms with Crippen LogP contribution in [0.4, 0.5) is 27.6 Å². The molecule has 1 aliphatic heterocycles. The van der Waals surface area contributed by atoms with E-state index in [1.54, 1.807) is 0 Å². The molecule has 1 aliphatic rings. The maximum absolute atomic E-state index is 14.3. The first-order chi connectivity index (χ1) is 12.8. The van der Waals surface area contributed by atoms with Crippen molar-refractivity contribution in [1.82, 2.24) is 15.5 Å². The minimum Gasteiger partial charge on any atom is -0.388 e. The normalized spacial score (nSPS) is 17.1. The largest absolute Gasteiger partial charge is 0.434 e. The Morgan fingerprint density at radius 3 is 2.56 bits per heavy atom. The Balaban J connectivity index is 2.01. The summed E-state index contributed by atoms with van der Waals surface area (Å²) < 4.78 is 72.6. The van der Waals surface area contributed by atoms with Gasteiger partial charge in [0, 0.05) is 5.56 Å². The van der Waals surface area contributed by atoms with Crippen molar-refractivity contribution in [3.8, 4) is 11.5 Å². The van der Waals surface area contributed by atoms with E-state index in [1.165, 1.54) is 0 Å². The predicted octanol–water partition coefficient (Wildman–Crippen LogP) is 2.94. The number of nitrogens with one attached hydrogen (secondary N) is 3. The van der Waals surface area contributed by atoms with Gasteiger partial charge in [0.25, 0.3) is 0 Å². The quantitative estimate of drug-likeness (QED) is 0.682. The second-order valence-electron chi connectivity index (χ2n) is 6.29. The van der Waals surface area contributed by atoms with Gasteiger partial charge in [-0.05, 0) is 44.0 Å². The summed E-state index contributed by atoms with van der Waals surface area (Å²) in [4.78, 5) is 11.1. The number of aromatic amines is 1. The second-order valence-corrected chi connectivity index (χ2v) is 6.29. The van der Waals surface area contributed by atoms with Crippen LogP contribution in [-0.2, 0) is 6.18 Å². The van der Waals surface area contributed by atoms with Crippen LogP contribution in [0.5, 0.6) is 0 Å². The van der Waals surface area contributed by atoms with Crippen molar-refractivity contribution < 1.29 is 26.4 Å². The highest BCUT2D eigenvalue weighted by Crippen LogP contribution is 2.40. The van der Waals surface area contributed by atoms with Crippen molar-refractivity contribution in [2.75, 3.05) is 25.1 Å². The summed E-state index contributed by atoms with van der Waals surface area (Å²) >= 11 is 0. The molecular formula is C16H17F5N4O2. The van der Waals surface area contributed by atoms with Crippen LogP contribution in [0.2, 0.25) is 0 Å². The summed E-state index contributed by atoms with van der Waals surface area (Å²) in [5.74, 6) is -3.08. The van der Waals surface area contributed by atoms with Gasteiger partial charge in [-0.1, -0.05) is 0 Å². The lowest BCUT2D eigenvalue weighted by atomic mass is 9.90. The Morgan fingerprint density at radius 2 is 2.00 bits per heavy atom. The molecule has 1 aromatic carbocycles. The fourth-order valence-electron chi connectivity index (χ4n) is 3.21. The molecule has 0 spiro atoms. The number of aromatic nitrogens is 2. The number of H-pyrrole nitrogens is 1. The lowest BCUT2D eigenvalue weighted by Gasteiger charge is -2.31. The fourth-order valence-corrected chi connectivity index (χ4v) is 3.21. The van der Waals surface area contributed by atoms with E-state index < -0.39 is 41.7 Å². The first-order valence-electron chi connectivity index (χ1n) is 8.29. The van der Waals surface area contributed by atoms with Crippen LogP contribution in [0, 0.1) is 11.7 Å². The molecule has 6 nitrogen and oxygen atoms in total. The average molecular weight is 392 g/mol. The van der Waals surface area contributed by atoms with E-state index in [-0.39, 0.29) is 17.4 Å². The number of hydrogen-bond acceptors (Lipinski definition) is 5. The number of benzene rings is 1. The van der Waals surface area contributed by atoms with E-state index in [0.717, 1.165) is 6.07 Å². The Kier molecular flexibility index (Phi) is 5.49. The van der Waals surface area contributed by atoms with Gasteiger partial charge in [0.2, 0.25) is 5.89 Å². The molecule has 3 N–H and O–H groups in total. The van der Waals surface area contributed by atoms with Gasteiger partial charge in [0.15, 0.2) is 0 Å². The van der Waals surface area contributed by atoms with E-state index in [0.29, 0.717) is 32.0 Å². The van der Waals surface area contributed by atoms with Gasteiger partial charge < -0.3 is 15.1 Å². The average Bonchev–Trinajstić information content (AvgIpc) is 3.05. The standard InChI is InChI=1S/C16H17F5N4O2/c17-7-12(8-1-3-22-4-2-8)23-11-6-9(14-24-25-15(26)27-14)5-10(18)13(11)16(19,20)21/h5-6,8,12,22-23H,1-4,7H2,(H,25,26). The van der Waals surface area contributed by atoms with Gasteiger partial charge in [-0.2, -0.15) is 13.2 Å². The number of anilines is 1. The summed E-state index contributed by atoms with van der Waals surface area (Å²) in [6, 6.07) is 0.616. The smallest absolute Gasteiger partial charge is 0.388 e. The van der Waals surface area contributed by atoms with Gasteiger partial charge in [0.05, 0.1) is 11.7 Å². The molecule has 1 aromatic heterocycles. The molecule has 1 fully saturated rings. The molecule has 3 rings (SSSR count). The first kappa shape index (κ1) is 19.3. The number of rotatable bonds is 5. The highest BCUT2D eigenvalue weighted by Gasteiger charge is 2.39. The third-order valence-electron chi connectivity index (χ3n) is 4.52. The number of hydrogen-bond donors (Lipinski definition) is 3. The minimum atomic E-state index is -4.99. The molecule has 0 radical (unpaired) electrons. The molecule has 1 saturated heterocycles. The van der Waals surface area contributed by atoms with Crippen molar-refractivity contribution in [3.05, 3.63) is 34.1 Å². The molecule has 11 heteroatoms. The molecular weight excluding hydrogens is 375 g/mol. The molecule has 1 unspecified atom stereocenters. The third kappa shape index (κ3) is 4.29. The van der Waals surface area contributed by atoms with E-state index >= 15 is 0 Å². The number of alkyl halides is 4. The highest BCUT2D eigenvalue weighted by molar-refractivity contribution is 5.66. The van der Waals surface area contributed by atoms with Crippen LogP contribution in [0.1, 0.15) is 18.4 Å². The van der Waals surface area contributed by atoms with Gasteiger partial charge in [0.1, 0.15) is 18.1 Å². The Labute approximate surface area is 150 Å². The molecule has 2 aromatic rings. The van der Waals surface area contributed by atoms with Crippen LogP contribution < -0.4 is 16.4 Å². The van der Waals surface area contributed by atoms with Crippen molar-refractivity contribution in [2.45, 2.75) is 25.1 Å². The summed E-state index contributed by atoms with van der Waals surface area (Å²) in [5, 5.41) is 11.0. The minimum absolute atomic E-state index is 0.177. The summed E-state index contributed by atoms with van der Waals surface area (Å²) in [6.07, 6.45) is -3.83. The third-order valence-corrected chi connectivity index (χ3v) is 4.52. The lowest BCUT2D eigenvalue weighted by molar-refractivity contribution is -0.139. The number of halogens is 5. The van der Waals surface area contributed by atoms with E-state index in [1.807, 2.05) is 5.10 Å². The summed E-state index contributed by atoms with van der Waals surface area (Å²) in [6.45, 7) is 0.342. The van der Waals surface area contributed by atoms with E-state index in [9.17, 15) is 26.7 Å². The molecule has 0 aliphatic carbocycles. The molecule has 148 valence electrons. The van der Waals surface area contributed by atoms with Crippen molar-refractivity contribution in [2.24, 2.45) is 5.92 Å². The van der Waals surface area contributed by atoms with Crippen LogP contribution in [0.25, 0.3) is 11.5 Å². The van der Waals surface area contributed by atoms with E-state index in [2.05, 4.69) is 20.1 Å². The predicted molar refractivity (Wildman–Crippen MR) is 86.5 cm³/mol. The van der Waals surface area contributed by atoms with Crippen molar-refractivity contribution in [3.63, 3.8) is 0 Å². The molecule has 2 heterocycles. The van der Waals surface area contributed by atoms with Crippen LogP contribution in [0.15, 0.2) is 21.3 Å². The second kappa shape index (κ2) is 7.67. The van der Waals surface area contributed by atoms with Gasteiger partial charge in [-0.15, -0.1) is 5.10 Å². The van der Waals surface area contributed by atoms with Crippen molar-refractivity contribution >= 4 is 5.69 Å². The van der Waals surface area contributed by atoms with E-state index in [4.69, 9.17) is 0 Å². The lowest BCUT2D eigenvalue weighted by Crippen LogP contribution is -2.39. The maximum Gasteiger partial charge on any atom is 0.434 e. The zero-order valence-electron chi connectivity index (χ0n) is 14.0. The molecule has 1 atom stereocenters. The number of piperidine rings is 1. The van der Waals surface area contributed by atoms with Crippen LogP contribution in [-0.4, -0.2) is 36.0 Å². The zero-order valence-corrected chi connectivity index (χ0v) is 14.0. The first-order valence-corrected chi connectivity index (χ1v) is 8.29. The Hall–Kier alpha value is -2.43. The SMILES string of the molecule is O=c1[nH]nc(-c2cc(F)c(C(F)(F)F)c(NC(CF)C3CCNCC3)c2)o1. The zero-order chi connectivity index (χ0) is 19.6. The Morgan fingerprint density at radius 1 is 1.30 bits per heavy atom. The summed E-state index contributed by atoms with van der Waals surface area (Å²) in [5.41, 5.74) is -2.33. The highest BCUT2D eigenvalue weighted by atomic mass is 19.4. The number of nitrogens with zero attached hydrogens (tertiary/aromatic N) is 1. The van der Waals surface area contributed by atoms with Crippen LogP contribution >= 0.6 is 0 Å². The Bertz CT molecular complexity index is 842. The molecule has 27 heavy (non-hydrogen) atoms. The maximum atomic E-state index is 14.3. The topological polar surface area (TPSA) is 83.0 Å².